The van der Waals surface area contributed by atoms with Gasteiger partial charge in [0.25, 0.3) is 0 Å². The summed E-state index contributed by atoms with van der Waals surface area (Å²) < 4.78 is 103. The van der Waals surface area contributed by atoms with Crippen LogP contribution in [0, 0.1) is 24.7 Å². The Morgan fingerprint density at radius 3 is 0.787 bits per heavy atom. The molecule has 15 heteroatoms. The van der Waals surface area contributed by atoms with Crippen LogP contribution >= 0.6 is 11.8 Å². The minimum absolute atomic E-state index is 0. The van der Waals surface area contributed by atoms with Gasteiger partial charge in [-0.1, -0.05) is 420 Å². The first kappa shape index (κ1) is 143. The maximum Gasteiger partial charge on any atom is 0.402 e. The molecule has 10 rings (SSSR count). The van der Waals surface area contributed by atoms with Crippen LogP contribution in [-0.2, 0) is 41.6 Å². The molecule has 0 aliphatic heterocycles. The van der Waals surface area contributed by atoms with E-state index >= 15 is 0 Å². The summed E-state index contributed by atoms with van der Waals surface area (Å²) in [5.41, 5.74) is 14.3. The van der Waals surface area contributed by atoms with Gasteiger partial charge in [0.2, 0.25) is 0 Å². The second-order valence-corrected chi connectivity index (χ2v) is 36.8. The maximum absolute atomic E-state index is 12.5. The van der Waals surface area contributed by atoms with Crippen molar-refractivity contribution in [3.63, 3.8) is 0 Å². The monoisotopic (exact) mass is 1760 g/mol. The van der Waals surface area contributed by atoms with Gasteiger partial charge in [0.05, 0.1) is 14.2 Å². The zero-order chi connectivity index (χ0) is 85.1. The molecule has 122 heavy (non-hydrogen) atoms. The van der Waals surface area contributed by atoms with Crippen molar-refractivity contribution >= 4 is 33.2 Å². The Morgan fingerprint density at radius 2 is 0.598 bits per heavy atom. The summed E-state index contributed by atoms with van der Waals surface area (Å²) in [5.74, 6) is 1.62. The van der Waals surface area contributed by atoms with Gasteiger partial charge in [0, 0.05) is 54.4 Å². The predicted molar refractivity (Wildman–Crippen MR) is 540 cm³/mol. The van der Waals surface area contributed by atoms with Gasteiger partial charge in [0.1, 0.15) is 21.3 Å². The van der Waals surface area contributed by atoms with Crippen LogP contribution in [0.4, 0.5) is 26.3 Å². The Balaban J connectivity index is -0.000000101. The minimum atomic E-state index is -5.24. The number of methoxy groups -OCH3 is 3. The van der Waals surface area contributed by atoms with E-state index in [2.05, 4.69) is 226 Å². The molecule has 0 radical (unpaired) electrons. The summed E-state index contributed by atoms with van der Waals surface area (Å²) in [7, 11) is 3.86. The standard InChI is InChI=1S/C22H18O2.C15H14.2C14H22.C8H10O2.C8H16.C5H6F6.C3H8.C2H6O2S.C2H6O.C2H6S.12CH4/c1-15-3-7-17(8-4-15)21(23)19-11-13-20(14-12-19)22(24)18-9-5-16(2)6-10-18;1-15(2)13-9-5-3-7-11(13)12-8-4-6-10-14(12)15;1-13(2,3)11-7-9-12(10-8-11)14(4,5)6;1-13(2,3)11-8-7-9-12(10-11)14(4,5)6;1-9-7-3-5-8(10-2)6-4-7;1-8(2)6-4-3-5-7-8;1-3(2,4(6,7)8)5(9,10)11;1-3-2;1-5(2,3)4;2*1-3-2;;;;;;;;;;;;/h3-14H,1-2H3;3-10H,1-2H3;2*7-10H,1-6H3;3-6H,1-2H3;3-7H2,1-2H3;1-2H3;3H2,1-2H3;1-2H3;2*1-2H3;12*1H4. The fourth-order valence-electron chi connectivity index (χ4n) is 10.5. The molecule has 1 saturated carbocycles. The Kier molecular flexibility index (Phi) is 76.5. The highest BCUT2D eigenvalue weighted by Gasteiger charge is 2.64. The van der Waals surface area contributed by atoms with Gasteiger partial charge >= 0.3 is 12.4 Å². The number of carbonyl (C=O) groups excluding carboxylic acids is 2. The van der Waals surface area contributed by atoms with Gasteiger partial charge in [-0.2, -0.15) is 38.1 Å². The van der Waals surface area contributed by atoms with Crippen LogP contribution in [-0.4, -0.2) is 85.8 Å². The smallest absolute Gasteiger partial charge is 0.402 e. The number of ether oxygens (including phenoxy) is 3. The molecule has 7 nitrogen and oxygen atoms in total. The lowest BCUT2D eigenvalue weighted by Crippen LogP contribution is -2.44. The third kappa shape index (κ3) is 53.0. The molecule has 706 valence electrons. The van der Waals surface area contributed by atoms with E-state index in [1.54, 1.807) is 64.5 Å². The van der Waals surface area contributed by atoms with Gasteiger partial charge in [-0.3, -0.25) is 9.59 Å². The second-order valence-electron chi connectivity index (χ2n) is 33.7. The van der Waals surface area contributed by atoms with E-state index in [1.165, 1.54) is 83.0 Å². The Morgan fingerprint density at radius 1 is 0.377 bits per heavy atom. The van der Waals surface area contributed by atoms with Gasteiger partial charge in [-0.15, -0.1) is 0 Å². The van der Waals surface area contributed by atoms with Crippen LogP contribution in [0.1, 0.15) is 342 Å². The first-order valence-corrected chi connectivity index (χ1v) is 41.4. The highest BCUT2D eigenvalue weighted by Crippen LogP contribution is 2.50. The molecule has 0 aromatic heterocycles. The van der Waals surface area contributed by atoms with Crippen LogP contribution in [0.2, 0.25) is 0 Å². The number of hydrogen-bond acceptors (Lipinski definition) is 8. The molecule has 8 aromatic carbocycles. The lowest BCUT2D eigenvalue weighted by Gasteiger charge is -2.29. The van der Waals surface area contributed by atoms with Crippen molar-refractivity contribution in [1.82, 2.24) is 0 Å². The van der Waals surface area contributed by atoms with E-state index in [9.17, 15) is 44.3 Å². The van der Waals surface area contributed by atoms with Gasteiger partial charge in [-0.05, 0) is 149 Å². The van der Waals surface area contributed by atoms with Crippen molar-refractivity contribution in [1.29, 1.82) is 0 Å². The third-order valence-corrected chi connectivity index (χ3v) is 17.7. The number of alkyl halides is 6. The van der Waals surface area contributed by atoms with E-state index in [4.69, 9.17) is 9.47 Å². The number of aryl methyl sites for hydroxylation is 2. The molecular weight excluding hydrogens is 1580 g/mol. The SMILES string of the molecule is C.C.C.C.C.C.C.C.C.C.C.C.CC(C)(C(F)(F)F)C(F)(F)F.CC(C)(C)c1ccc(C(C)(C)C)cc1.CC(C)(C)c1cccc(C(C)(C)C)c1.CC1(C)CCCCC1.CC1(C)c2ccccc2-c2ccccc21.CCC.COC.COc1ccc(OC)cc1.CS(C)(=O)=O.CSC.Cc1ccc(C(=O)c2ccc(C(=O)c3ccc(C)cc3)cc2)cc1. The highest BCUT2D eigenvalue weighted by molar-refractivity contribution is 7.97. The van der Waals surface area contributed by atoms with Gasteiger partial charge < -0.3 is 14.2 Å². The molecule has 2 aliphatic rings. The lowest BCUT2D eigenvalue weighted by molar-refractivity contribution is -0.327. The Hall–Kier alpha value is -7.46. The number of thioether (sulfide) groups is 1. The number of halogens is 6. The molecule has 1 fully saturated rings. The summed E-state index contributed by atoms with van der Waals surface area (Å²) in [4.78, 5) is 24.9. The quantitative estimate of drug-likeness (QED) is 0.120. The largest absolute Gasteiger partial charge is 0.497 e. The number of hydrogen-bond donors (Lipinski definition) is 0. The number of sulfone groups is 1. The van der Waals surface area contributed by atoms with Crippen molar-refractivity contribution in [2.45, 2.75) is 319 Å². The van der Waals surface area contributed by atoms with Crippen LogP contribution in [0.25, 0.3) is 11.1 Å². The second kappa shape index (κ2) is 65.2. The molecule has 0 amide bonds. The van der Waals surface area contributed by atoms with E-state index in [0.717, 1.165) is 35.1 Å². The number of benzene rings is 8. The van der Waals surface area contributed by atoms with Crippen molar-refractivity contribution in [3.8, 4) is 22.6 Å². The minimum Gasteiger partial charge on any atom is -0.497 e. The Labute approximate surface area is 754 Å². The number of fused-ring (bicyclic) bond motifs is 3. The fourth-order valence-corrected chi connectivity index (χ4v) is 10.5. The molecule has 0 saturated heterocycles. The predicted octanol–water partition coefficient (Wildman–Crippen LogP) is 35.1. The van der Waals surface area contributed by atoms with E-state index in [0.29, 0.717) is 27.7 Å². The van der Waals surface area contributed by atoms with E-state index < -0.39 is 27.6 Å². The topological polar surface area (TPSA) is 96.0 Å². The van der Waals surface area contributed by atoms with Crippen LogP contribution in [0.5, 0.6) is 11.5 Å². The zero-order valence-electron chi connectivity index (χ0n) is 72.2. The highest BCUT2D eigenvalue weighted by atomic mass is 32.2. The summed E-state index contributed by atoms with van der Waals surface area (Å²) in [5, 5.41) is 0. The molecule has 0 N–H and O–H groups in total. The molecular formula is C107H182F6O7S2. The molecule has 2 aliphatic carbocycles. The number of ketones is 2. The molecule has 8 aromatic rings. The van der Waals surface area contributed by atoms with Crippen molar-refractivity contribution < 1.29 is 58.6 Å². The zero-order valence-corrected chi connectivity index (χ0v) is 73.8. The summed E-state index contributed by atoms with van der Waals surface area (Å²) >= 11 is 1.75. The number of carbonyl (C=O) groups is 2. The third-order valence-electron chi connectivity index (χ3n) is 17.7. The summed E-state index contributed by atoms with van der Waals surface area (Å²) in [6, 6.07) is 64.6. The molecule has 0 unspecified atom stereocenters. The summed E-state index contributed by atoms with van der Waals surface area (Å²) in [6.45, 7) is 44.8. The molecule has 0 spiro atoms. The summed E-state index contributed by atoms with van der Waals surface area (Å²) in [6.07, 6.45) is 4.47. The maximum atomic E-state index is 12.5. The van der Waals surface area contributed by atoms with Crippen LogP contribution in [0.15, 0.2) is 194 Å². The van der Waals surface area contributed by atoms with Crippen molar-refractivity contribution in [2.24, 2.45) is 10.8 Å². The Bertz CT molecular complexity index is 3790. The molecule has 0 heterocycles. The van der Waals surface area contributed by atoms with E-state index in [-0.39, 0.29) is 142 Å². The van der Waals surface area contributed by atoms with E-state index in [1.807, 2.05) is 99.2 Å². The van der Waals surface area contributed by atoms with Crippen LogP contribution < -0.4 is 9.47 Å². The van der Waals surface area contributed by atoms with Crippen molar-refractivity contribution in [2.75, 3.05) is 53.5 Å². The fraction of sp³-hybridized carbons (Fsp3) is 0.533. The van der Waals surface area contributed by atoms with Gasteiger partial charge in [0.15, 0.2) is 17.0 Å². The normalized spacial score (nSPS) is 11.8. The number of rotatable bonds is 6. The average Bonchev–Trinajstić information content (AvgIpc) is 1.59. The average molecular weight is 1760 g/mol. The first-order valence-electron chi connectivity index (χ1n) is 37.5. The molecule has 0 bridgehead atoms. The first-order chi connectivity index (χ1) is 50.5. The lowest BCUT2D eigenvalue weighted by atomic mass is 9.78. The van der Waals surface area contributed by atoms with Crippen molar-refractivity contribution in [3.05, 3.63) is 261 Å². The molecule has 0 atom stereocenters. The van der Waals surface area contributed by atoms with Gasteiger partial charge in [-0.25, -0.2) is 8.42 Å². The van der Waals surface area contributed by atoms with Crippen LogP contribution in [0.3, 0.4) is 0 Å².